The lowest BCUT2D eigenvalue weighted by Crippen LogP contribution is -1.99. The molecule has 0 radical (unpaired) electrons. The minimum Gasteiger partial charge on any atom is -0.493 e. The Bertz CT molecular complexity index is 365. The van der Waals surface area contributed by atoms with Crippen molar-refractivity contribution >= 4 is 15.9 Å². The van der Waals surface area contributed by atoms with Crippen molar-refractivity contribution in [3.63, 3.8) is 0 Å². The number of hydrogen-bond acceptors (Lipinski definition) is 1. The van der Waals surface area contributed by atoms with Gasteiger partial charge in [-0.1, -0.05) is 22.0 Å². The van der Waals surface area contributed by atoms with E-state index in [1.807, 2.05) is 18.2 Å². The number of terminal acetylenes is 1. The van der Waals surface area contributed by atoms with Crippen LogP contribution in [0.1, 0.15) is 31.2 Å². The van der Waals surface area contributed by atoms with Crippen LogP contribution >= 0.6 is 15.9 Å². The molecule has 0 amide bonds. The summed E-state index contributed by atoms with van der Waals surface area (Å²) in [5, 5.41) is 0. The van der Waals surface area contributed by atoms with Crippen molar-refractivity contribution in [1.82, 2.24) is 0 Å². The summed E-state index contributed by atoms with van der Waals surface area (Å²) in [7, 11) is 0. The number of halogens is 1. The second-order valence-corrected chi connectivity index (χ2v) is 4.58. The first-order valence-electron chi connectivity index (χ1n) is 5.57. The molecule has 0 fully saturated rings. The number of hydrogen-bond donors (Lipinski definition) is 0. The maximum atomic E-state index is 5.72. The van der Waals surface area contributed by atoms with Gasteiger partial charge in [-0.05, 0) is 38.3 Å². The SMILES string of the molecule is C#CCCCCCOc1cccc(Br)c1C. The van der Waals surface area contributed by atoms with E-state index in [1.165, 1.54) is 0 Å². The molecule has 0 spiro atoms. The normalized spacial score (nSPS) is 9.81. The predicted octanol–water partition coefficient (Wildman–Crippen LogP) is 4.33. The van der Waals surface area contributed by atoms with Crippen molar-refractivity contribution in [1.29, 1.82) is 0 Å². The van der Waals surface area contributed by atoms with Gasteiger partial charge in [0.2, 0.25) is 0 Å². The fraction of sp³-hybridized carbons (Fsp3) is 0.429. The minimum absolute atomic E-state index is 0.766. The topological polar surface area (TPSA) is 9.23 Å². The molecule has 86 valence electrons. The van der Waals surface area contributed by atoms with E-state index < -0.39 is 0 Å². The van der Waals surface area contributed by atoms with Gasteiger partial charge in [0.1, 0.15) is 5.75 Å². The van der Waals surface area contributed by atoms with Crippen molar-refractivity contribution in [2.45, 2.75) is 32.6 Å². The van der Waals surface area contributed by atoms with E-state index in [2.05, 4.69) is 28.8 Å². The quantitative estimate of drug-likeness (QED) is 0.557. The van der Waals surface area contributed by atoms with E-state index in [9.17, 15) is 0 Å². The molecule has 0 bridgehead atoms. The van der Waals surface area contributed by atoms with Crippen LogP contribution in [0.4, 0.5) is 0 Å². The van der Waals surface area contributed by atoms with Crippen molar-refractivity contribution in [3.05, 3.63) is 28.2 Å². The summed E-state index contributed by atoms with van der Waals surface area (Å²) in [5.74, 6) is 3.61. The summed E-state index contributed by atoms with van der Waals surface area (Å²) < 4.78 is 6.81. The van der Waals surface area contributed by atoms with Gasteiger partial charge >= 0.3 is 0 Å². The van der Waals surface area contributed by atoms with Gasteiger partial charge < -0.3 is 4.74 Å². The first-order valence-corrected chi connectivity index (χ1v) is 6.36. The molecule has 1 nitrogen and oxygen atoms in total. The minimum atomic E-state index is 0.766. The van der Waals surface area contributed by atoms with Crippen molar-refractivity contribution in [2.75, 3.05) is 6.61 Å². The number of unbranched alkanes of at least 4 members (excludes halogenated alkanes) is 3. The van der Waals surface area contributed by atoms with Gasteiger partial charge in [-0.2, -0.15) is 0 Å². The Morgan fingerprint density at radius 1 is 1.31 bits per heavy atom. The van der Waals surface area contributed by atoms with E-state index in [4.69, 9.17) is 11.2 Å². The Labute approximate surface area is 106 Å². The lowest BCUT2D eigenvalue weighted by atomic mass is 10.2. The lowest BCUT2D eigenvalue weighted by molar-refractivity contribution is 0.303. The van der Waals surface area contributed by atoms with E-state index in [0.717, 1.165) is 48.1 Å². The van der Waals surface area contributed by atoms with Gasteiger partial charge in [0.15, 0.2) is 0 Å². The summed E-state index contributed by atoms with van der Waals surface area (Å²) >= 11 is 3.49. The third-order valence-electron chi connectivity index (χ3n) is 2.44. The van der Waals surface area contributed by atoms with Crippen molar-refractivity contribution < 1.29 is 4.74 Å². The van der Waals surface area contributed by atoms with Crippen LogP contribution < -0.4 is 4.74 Å². The van der Waals surface area contributed by atoms with E-state index in [0.29, 0.717) is 0 Å². The van der Waals surface area contributed by atoms with E-state index in [-0.39, 0.29) is 0 Å². The highest BCUT2D eigenvalue weighted by molar-refractivity contribution is 9.10. The summed E-state index contributed by atoms with van der Waals surface area (Å²) in [4.78, 5) is 0. The van der Waals surface area contributed by atoms with Crippen molar-refractivity contribution in [3.8, 4) is 18.1 Å². The number of rotatable bonds is 6. The van der Waals surface area contributed by atoms with Gasteiger partial charge in [0.25, 0.3) is 0 Å². The second kappa shape index (κ2) is 7.35. The first-order chi connectivity index (χ1) is 7.75. The maximum absolute atomic E-state index is 5.72. The third kappa shape index (κ3) is 4.28. The molecule has 2 heteroatoms. The second-order valence-electron chi connectivity index (χ2n) is 3.73. The average Bonchev–Trinajstić information content (AvgIpc) is 2.29. The van der Waals surface area contributed by atoms with E-state index >= 15 is 0 Å². The summed E-state index contributed by atoms with van der Waals surface area (Å²) in [6.45, 7) is 2.82. The van der Waals surface area contributed by atoms with Crippen LogP contribution in [-0.4, -0.2) is 6.61 Å². The largest absolute Gasteiger partial charge is 0.493 e. The van der Waals surface area contributed by atoms with Crippen LogP contribution in [0, 0.1) is 19.3 Å². The number of ether oxygens (including phenoxy) is 1. The zero-order valence-corrected chi connectivity index (χ0v) is 11.2. The zero-order chi connectivity index (χ0) is 11.8. The molecule has 16 heavy (non-hydrogen) atoms. The molecule has 0 heterocycles. The van der Waals surface area contributed by atoms with Gasteiger partial charge in [0.05, 0.1) is 6.61 Å². The summed E-state index contributed by atoms with van der Waals surface area (Å²) in [5.41, 5.74) is 1.16. The molecule has 0 aromatic heterocycles. The molecule has 1 rings (SSSR count). The molecular weight excluding hydrogens is 264 g/mol. The molecule has 0 unspecified atom stereocenters. The highest BCUT2D eigenvalue weighted by Gasteiger charge is 2.01. The van der Waals surface area contributed by atoms with E-state index in [1.54, 1.807) is 0 Å². The maximum Gasteiger partial charge on any atom is 0.123 e. The smallest absolute Gasteiger partial charge is 0.123 e. The van der Waals surface area contributed by atoms with Gasteiger partial charge in [0, 0.05) is 16.5 Å². The van der Waals surface area contributed by atoms with Crippen LogP contribution in [0.3, 0.4) is 0 Å². The Kier molecular flexibility index (Phi) is 6.03. The van der Waals surface area contributed by atoms with Crippen LogP contribution in [-0.2, 0) is 0 Å². The molecule has 0 saturated heterocycles. The molecule has 1 aromatic rings. The molecule has 0 aliphatic rings. The first kappa shape index (κ1) is 13.1. The Morgan fingerprint density at radius 2 is 2.12 bits per heavy atom. The molecule has 0 N–H and O–H groups in total. The Balaban J connectivity index is 2.27. The highest BCUT2D eigenvalue weighted by Crippen LogP contribution is 2.25. The molecule has 0 aliphatic carbocycles. The predicted molar refractivity (Wildman–Crippen MR) is 71.7 cm³/mol. The lowest BCUT2D eigenvalue weighted by Gasteiger charge is -2.09. The van der Waals surface area contributed by atoms with Gasteiger partial charge in [-0.25, -0.2) is 0 Å². The van der Waals surface area contributed by atoms with Crippen LogP contribution in [0.15, 0.2) is 22.7 Å². The molecule has 0 atom stereocenters. The molecule has 1 aromatic carbocycles. The Hall–Kier alpha value is -0.940. The van der Waals surface area contributed by atoms with Crippen LogP contribution in [0.25, 0.3) is 0 Å². The monoisotopic (exact) mass is 280 g/mol. The fourth-order valence-corrected chi connectivity index (χ4v) is 1.78. The molecule has 0 aliphatic heterocycles. The van der Waals surface area contributed by atoms with Crippen molar-refractivity contribution in [2.24, 2.45) is 0 Å². The molecule has 0 saturated carbocycles. The van der Waals surface area contributed by atoms with Gasteiger partial charge in [-0.3, -0.25) is 0 Å². The number of benzene rings is 1. The fourth-order valence-electron chi connectivity index (χ4n) is 1.43. The molecular formula is C14H17BrO. The third-order valence-corrected chi connectivity index (χ3v) is 3.30. The highest BCUT2D eigenvalue weighted by atomic mass is 79.9. The standard InChI is InChI=1S/C14H17BrO/c1-3-4-5-6-7-11-16-14-10-8-9-13(15)12(14)2/h1,8-10H,4-7,11H2,2H3. The average molecular weight is 281 g/mol. The zero-order valence-electron chi connectivity index (χ0n) is 9.63. The summed E-state index contributed by atoms with van der Waals surface area (Å²) in [6, 6.07) is 6.02. The van der Waals surface area contributed by atoms with Crippen LogP contribution in [0.2, 0.25) is 0 Å². The van der Waals surface area contributed by atoms with Gasteiger partial charge in [-0.15, -0.1) is 12.3 Å². The van der Waals surface area contributed by atoms with Crippen LogP contribution in [0.5, 0.6) is 5.75 Å². The Morgan fingerprint density at radius 3 is 2.88 bits per heavy atom. The summed E-state index contributed by atoms with van der Waals surface area (Å²) in [6.07, 6.45) is 9.35.